The number of phenols is 3. The second-order valence-electron chi connectivity index (χ2n) is 4.51. The molecule has 2 aromatic carbocycles. The minimum absolute atomic E-state index is 0.000926. The van der Waals surface area contributed by atoms with E-state index in [4.69, 9.17) is 0 Å². The molecule has 2 aromatic rings. The monoisotopic (exact) mass is 244 g/mol. The third-order valence-corrected chi connectivity index (χ3v) is 3.38. The molecule has 0 saturated carbocycles. The van der Waals surface area contributed by atoms with Crippen LogP contribution in [0, 0.1) is 20.8 Å². The molecular formula is C15H16O3. The van der Waals surface area contributed by atoms with Crippen molar-refractivity contribution in [2.75, 3.05) is 0 Å². The summed E-state index contributed by atoms with van der Waals surface area (Å²) >= 11 is 0. The average Bonchev–Trinajstić information content (AvgIpc) is 2.35. The highest BCUT2D eigenvalue weighted by Gasteiger charge is 2.16. The van der Waals surface area contributed by atoms with Gasteiger partial charge in [0.15, 0.2) is 11.5 Å². The second kappa shape index (κ2) is 4.26. The van der Waals surface area contributed by atoms with Crippen molar-refractivity contribution in [2.24, 2.45) is 0 Å². The molecule has 0 amide bonds. The van der Waals surface area contributed by atoms with Gasteiger partial charge in [0.2, 0.25) is 0 Å². The van der Waals surface area contributed by atoms with Crippen LogP contribution in [0.1, 0.15) is 16.7 Å². The number of phenolic OH excluding ortho intramolecular Hbond substituents is 3. The van der Waals surface area contributed by atoms with Gasteiger partial charge in [-0.1, -0.05) is 18.2 Å². The maximum atomic E-state index is 10.1. The lowest BCUT2D eigenvalue weighted by molar-refractivity contribution is 0.393. The maximum absolute atomic E-state index is 10.1. The Morgan fingerprint density at radius 1 is 0.778 bits per heavy atom. The predicted octanol–water partition coefficient (Wildman–Crippen LogP) is 3.40. The van der Waals surface area contributed by atoms with Crippen LogP contribution in [0.25, 0.3) is 11.1 Å². The molecule has 0 fully saturated rings. The summed E-state index contributed by atoms with van der Waals surface area (Å²) in [5.74, 6) is -0.498. The molecule has 0 aliphatic carbocycles. The van der Waals surface area contributed by atoms with E-state index in [0.717, 1.165) is 16.7 Å². The fraction of sp³-hybridized carbons (Fsp3) is 0.200. The third kappa shape index (κ3) is 1.78. The fourth-order valence-corrected chi connectivity index (χ4v) is 2.03. The van der Waals surface area contributed by atoms with E-state index in [0.29, 0.717) is 5.56 Å². The average molecular weight is 244 g/mol. The zero-order valence-electron chi connectivity index (χ0n) is 10.7. The van der Waals surface area contributed by atoms with Crippen molar-refractivity contribution in [3.05, 3.63) is 41.0 Å². The predicted molar refractivity (Wildman–Crippen MR) is 71.1 cm³/mol. The van der Waals surface area contributed by atoms with Crippen molar-refractivity contribution in [3.8, 4) is 28.4 Å². The van der Waals surface area contributed by atoms with Gasteiger partial charge in [0.25, 0.3) is 0 Å². The standard InChI is InChI=1S/C15H16O3/c1-8-5-4-6-11(9(8)2)12-7-13(16)15(18)10(3)14(12)17/h4-7,16-18H,1-3H3. The summed E-state index contributed by atoms with van der Waals surface area (Å²) < 4.78 is 0. The first kappa shape index (κ1) is 12.3. The number of aryl methyl sites for hydroxylation is 1. The van der Waals surface area contributed by atoms with E-state index in [9.17, 15) is 15.3 Å². The zero-order valence-corrected chi connectivity index (χ0v) is 10.7. The SMILES string of the molecule is Cc1cccc(-c2cc(O)c(O)c(C)c2O)c1C. The summed E-state index contributed by atoms with van der Waals surface area (Å²) in [5, 5.41) is 29.3. The Kier molecular flexibility index (Phi) is 2.91. The van der Waals surface area contributed by atoms with E-state index < -0.39 is 0 Å². The summed E-state index contributed by atoms with van der Waals surface area (Å²) in [6, 6.07) is 7.16. The number of hydrogen-bond acceptors (Lipinski definition) is 3. The van der Waals surface area contributed by atoms with Crippen molar-refractivity contribution < 1.29 is 15.3 Å². The Morgan fingerprint density at radius 3 is 2.11 bits per heavy atom. The van der Waals surface area contributed by atoms with E-state index in [-0.39, 0.29) is 22.8 Å². The van der Waals surface area contributed by atoms with E-state index in [2.05, 4.69) is 0 Å². The summed E-state index contributed by atoms with van der Waals surface area (Å²) in [6.45, 7) is 5.52. The first-order valence-electron chi connectivity index (χ1n) is 5.74. The molecule has 0 atom stereocenters. The summed E-state index contributed by atoms with van der Waals surface area (Å²) in [4.78, 5) is 0. The van der Waals surface area contributed by atoms with Gasteiger partial charge in [-0.25, -0.2) is 0 Å². The molecule has 3 nitrogen and oxygen atoms in total. The molecule has 0 aromatic heterocycles. The van der Waals surface area contributed by atoms with Crippen LogP contribution in [0.4, 0.5) is 0 Å². The molecule has 3 heteroatoms. The quantitative estimate of drug-likeness (QED) is 0.532. The van der Waals surface area contributed by atoms with E-state index in [1.807, 2.05) is 32.0 Å². The molecule has 0 radical (unpaired) electrons. The first-order valence-corrected chi connectivity index (χ1v) is 5.74. The smallest absolute Gasteiger partial charge is 0.164 e. The topological polar surface area (TPSA) is 60.7 Å². The van der Waals surface area contributed by atoms with E-state index in [1.165, 1.54) is 6.07 Å². The number of hydrogen-bond donors (Lipinski definition) is 3. The Balaban J connectivity index is 2.76. The lowest BCUT2D eigenvalue weighted by Crippen LogP contribution is -1.89. The van der Waals surface area contributed by atoms with Gasteiger partial charge in [-0.05, 0) is 43.5 Å². The highest BCUT2D eigenvalue weighted by molar-refractivity contribution is 5.78. The summed E-state index contributed by atoms with van der Waals surface area (Å²) in [5.41, 5.74) is 3.82. The van der Waals surface area contributed by atoms with Crippen molar-refractivity contribution in [2.45, 2.75) is 20.8 Å². The van der Waals surface area contributed by atoms with Gasteiger partial charge in [0.05, 0.1) is 0 Å². The molecule has 18 heavy (non-hydrogen) atoms. The Labute approximate surface area is 106 Å². The van der Waals surface area contributed by atoms with Crippen LogP contribution in [0.15, 0.2) is 24.3 Å². The highest BCUT2D eigenvalue weighted by atomic mass is 16.3. The van der Waals surface area contributed by atoms with Crippen molar-refractivity contribution in [3.63, 3.8) is 0 Å². The first-order chi connectivity index (χ1) is 8.43. The molecular weight excluding hydrogens is 228 g/mol. The van der Waals surface area contributed by atoms with E-state index in [1.54, 1.807) is 6.92 Å². The molecule has 94 valence electrons. The molecule has 0 unspecified atom stereocenters. The van der Waals surface area contributed by atoms with Crippen LogP contribution in [-0.2, 0) is 0 Å². The van der Waals surface area contributed by atoms with Gasteiger partial charge < -0.3 is 15.3 Å². The number of aromatic hydroxyl groups is 3. The van der Waals surface area contributed by atoms with E-state index >= 15 is 0 Å². The fourth-order valence-electron chi connectivity index (χ4n) is 2.03. The van der Waals surface area contributed by atoms with Gasteiger partial charge in [0.1, 0.15) is 5.75 Å². The molecule has 0 aliphatic rings. The van der Waals surface area contributed by atoms with Crippen LogP contribution in [-0.4, -0.2) is 15.3 Å². The maximum Gasteiger partial charge on any atom is 0.164 e. The minimum atomic E-state index is -0.276. The molecule has 0 saturated heterocycles. The van der Waals surface area contributed by atoms with Crippen molar-refractivity contribution in [1.29, 1.82) is 0 Å². The largest absolute Gasteiger partial charge is 0.507 e. The molecule has 0 heterocycles. The molecule has 0 spiro atoms. The normalized spacial score (nSPS) is 10.6. The summed E-state index contributed by atoms with van der Waals surface area (Å²) in [6.07, 6.45) is 0. The Bertz CT molecular complexity index is 616. The van der Waals surface area contributed by atoms with Gasteiger partial charge in [-0.15, -0.1) is 0 Å². The van der Waals surface area contributed by atoms with Gasteiger partial charge in [-0.2, -0.15) is 0 Å². The molecule has 2 rings (SSSR count). The lowest BCUT2D eigenvalue weighted by Gasteiger charge is -2.14. The van der Waals surface area contributed by atoms with Crippen LogP contribution >= 0.6 is 0 Å². The number of benzene rings is 2. The molecule has 0 aliphatic heterocycles. The van der Waals surface area contributed by atoms with Crippen molar-refractivity contribution >= 4 is 0 Å². The summed E-state index contributed by atoms with van der Waals surface area (Å²) in [7, 11) is 0. The second-order valence-corrected chi connectivity index (χ2v) is 4.51. The molecule has 0 bridgehead atoms. The minimum Gasteiger partial charge on any atom is -0.507 e. The Hall–Kier alpha value is -2.16. The lowest BCUT2D eigenvalue weighted by atomic mass is 9.94. The van der Waals surface area contributed by atoms with Crippen molar-refractivity contribution in [1.82, 2.24) is 0 Å². The van der Waals surface area contributed by atoms with Gasteiger partial charge in [0, 0.05) is 11.1 Å². The third-order valence-electron chi connectivity index (χ3n) is 3.38. The van der Waals surface area contributed by atoms with Gasteiger partial charge >= 0.3 is 0 Å². The van der Waals surface area contributed by atoms with Crippen LogP contribution < -0.4 is 0 Å². The highest BCUT2D eigenvalue weighted by Crippen LogP contribution is 2.43. The van der Waals surface area contributed by atoms with Crippen LogP contribution in [0.3, 0.4) is 0 Å². The van der Waals surface area contributed by atoms with Crippen LogP contribution in [0.2, 0.25) is 0 Å². The zero-order chi connectivity index (χ0) is 13.4. The number of rotatable bonds is 1. The van der Waals surface area contributed by atoms with Gasteiger partial charge in [-0.3, -0.25) is 0 Å². The Morgan fingerprint density at radius 2 is 1.44 bits per heavy atom. The molecule has 3 N–H and O–H groups in total. The van der Waals surface area contributed by atoms with Crippen LogP contribution in [0.5, 0.6) is 17.2 Å².